The molecule has 3 aliphatic rings. The summed E-state index contributed by atoms with van der Waals surface area (Å²) in [5, 5.41) is 54.8. The lowest BCUT2D eigenvalue weighted by Crippen LogP contribution is -2.52. The molecule has 2 aliphatic carbocycles. The minimum absolute atomic E-state index is 0.0338. The molecule has 2 aromatic rings. The molecule has 0 radical (unpaired) electrons. The zero-order valence-electron chi connectivity index (χ0n) is 20.5. The molecule has 0 bridgehead atoms. The van der Waals surface area contributed by atoms with Gasteiger partial charge >= 0.3 is 0 Å². The number of carbonyl (C=O) groups is 2. The highest BCUT2D eigenvalue weighted by Crippen LogP contribution is 2.55. The number of fused-ring (bicyclic) bond motifs is 3. The fourth-order valence-corrected chi connectivity index (χ4v) is 5.56. The molecule has 0 amide bonds. The van der Waals surface area contributed by atoms with Crippen LogP contribution in [0.4, 0.5) is 0 Å². The van der Waals surface area contributed by atoms with Crippen molar-refractivity contribution in [3.8, 4) is 17.2 Å². The Morgan fingerprint density at radius 2 is 1.70 bits per heavy atom. The van der Waals surface area contributed by atoms with E-state index in [1.165, 1.54) is 32.2 Å². The van der Waals surface area contributed by atoms with Gasteiger partial charge < -0.3 is 45.5 Å². The lowest BCUT2D eigenvalue weighted by Gasteiger charge is -2.43. The Morgan fingerprint density at radius 3 is 2.35 bits per heavy atom. The maximum atomic E-state index is 13.6. The number of aliphatic hydroxyl groups excluding tert-OH is 2. The number of benzene rings is 2. The molecule has 7 atom stereocenters. The number of phenols is 2. The lowest BCUT2D eigenvalue weighted by molar-refractivity contribution is -0.251. The van der Waals surface area contributed by atoms with Gasteiger partial charge in [-0.05, 0) is 19.9 Å². The van der Waals surface area contributed by atoms with Gasteiger partial charge in [-0.2, -0.15) is 0 Å². The molecular formula is C26H29NO10. The molecule has 1 heterocycles. The number of rotatable bonds is 3. The molecule has 1 fully saturated rings. The first-order valence-electron chi connectivity index (χ1n) is 11.9. The molecular weight excluding hydrogens is 486 g/mol. The van der Waals surface area contributed by atoms with Gasteiger partial charge in [-0.1, -0.05) is 12.1 Å². The van der Waals surface area contributed by atoms with E-state index in [1.807, 2.05) is 0 Å². The third-order valence-electron chi connectivity index (χ3n) is 7.55. The van der Waals surface area contributed by atoms with Gasteiger partial charge in [0, 0.05) is 35.6 Å². The Balaban J connectivity index is 1.68. The van der Waals surface area contributed by atoms with Crippen LogP contribution in [0.25, 0.3) is 0 Å². The van der Waals surface area contributed by atoms with Crippen molar-refractivity contribution in [3.63, 3.8) is 0 Å². The summed E-state index contributed by atoms with van der Waals surface area (Å²) >= 11 is 0. The zero-order valence-corrected chi connectivity index (χ0v) is 20.5. The second kappa shape index (κ2) is 8.76. The predicted molar refractivity (Wildman–Crippen MR) is 127 cm³/mol. The molecule has 11 heteroatoms. The summed E-state index contributed by atoms with van der Waals surface area (Å²) in [5.74, 6) is -2.79. The maximum absolute atomic E-state index is 13.6. The first kappa shape index (κ1) is 25.6. The van der Waals surface area contributed by atoms with Gasteiger partial charge in [0.1, 0.15) is 23.4 Å². The number of ether oxygens (including phenoxy) is 3. The average molecular weight is 516 g/mol. The summed E-state index contributed by atoms with van der Waals surface area (Å²) in [6.07, 6.45) is -5.62. The van der Waals surface area contributed by atoms with E-state index < -0.39 is 76.5 Å². The summed E-state index contributed by atoms with van der Waals surface area (Å²) < 4.78 is 17.0. The van der Waals surface area contributed by atoms with E-state index >= 15 is 0 Å². The largest absolute Gasteiger partial charge is 0.507 e. The quantitative estimate of drug-likeness (QED) is 0.272. The fourth-order valence-electron chi connectivity index (χ4n) is 5.56. The number of aromatic hydroxyl groups is 2. The summed E-state index contributed by atoms with van der Waals surface area (Å²) in [5.41, 5.74) is 2.65. The molecule has 37 heavy (non-hydrogen) atoms. The maximum Gasteiger partial charge on any atom is 0.202 e. The second-order valence-electron chi connectivity index (χ2n) is 10.1. The lowest BCUT2D eigenvalue weighted by atomic mass is 9.72. The summed E-state index contributed by atoms with van der Waals surface area (Å²) in [7, 11) is 1.34. The number of aliphatic hydroxyl groups is 3. The smallest absolute Gasteiger partial charge is 0.202 e. The Morgan fingerprint density at radius 1 is 1.05 bits per heavy atom. The molecule has 0 spiro atoms. The van der Waals surface area contributed by atoms with Crippen molar-refractivity contribution < 1.29 is 49.3 Å². The van der Waals surface area contributed by atoms with Crippen molar-refractivity contribution in [1.29, 1.82) is 0 Å². The van der Waals surface area contributed by atoms with Crippen LogP contribution in [0.1, 0.15) is 81.9 Å². The van der Waals surface area contributed by atoms with Crippen molar-refractivity contribution in [2.75, 3.05) is 7.11 Å². The number of phenolic OH excluding ortho intramolecular Hbond substituents is 2. The van der Waals surface area contributed by atoms with Crippen LogP contribution in [0.15, 0.2) is 18.2 Å². The van der Waals surface area contributed by atoms with Crippen molar-refractivity contribution in [1.82, 2.24) is 0 Å². The number of ketones is 2. The van der Waals surface area contributed by atoms with Gasteiger partial charge in [0.25, 0.3) is 0 Å². The van der Waals surface area contributed by atoms with E-state index in [0.717, 1.165) is 0 Å². The Hall–Kier alpha value is -3.06. The summed E-state index contributed by atoms with van der Waals surface area (Å²) in [6, 6.07) is 3.74. The monoisotopic (exact) mass is 515 g/mol. The van der Waals surface area contributed by atoms with Gasteiger partial charge in [-0.25, -0.2) is 0 Å². The third-order valence-corrected chi connectivity index (χ3v) is 7.55. The minimum atomic E-state index is -1.85. The first-order chi connectivity index (χ1) is 17.4. The van der Waals surface area contributed by atoms with E-state index in [1.54, 1.807) is 6.92 Å². The molecule has 0 saturated carbocycles. The van der Waals surface area contributed by atoms with Crippen molar-refractivity contribution in [2.45, 2.75) is 69.0 Å². The van der Waals surface area contributed by atoms with Crippen LogP contribution >= 0.6 is 0 Å². The third kappa shape index (κ3) is 3.73. The molecule has 5 unspecified atom stereocenters. The molecule has 0 aromatic heterocycles. The SMILES string of the molecule is COc1cccc2c1C(=O)c1c(O)c3c(c(O)c1C2=O)C(O)[C@](C)(O)C[C@@H]3OC1CC(N)C(O)C(C)O1. The highest BCUT2D eigenvalue weighted by Gasteiger charge is 2.50. The van der Waals surface area contributed by atoms with Crippen LogP contribution in [0.2, 0.25) is 0 Å². The fraction of sp³-hybridized carbons (Fsp3) is 0.462. The Kier molecular flexibility index (Phi) is 6.06. The van der Waals surface area contributed by atoms with Gasteiger partial charge in [0.05, 0.1) is 47.7 Å². The number of methoxy groups -OCH3 is 1. The van der Waals surface area contributed by atoms with Gasteiger partial charge in [0.2, 0.25) is 5.78 Å². The normalized spacial score (nSPS) is 32.9. The highest BCUT2D eigenvalue weighted by molar-refractivity contribution is 6.31. The molecule has 7 N–H and O–H groups in total. The van der Waals surface area contributed by atoms with E-state index in [9.17, 15) is 35.1 Å². The van der Waals surface area contributed by atoms with Crippen LogP contribution in [0.5, 0.6) is 17.2 Å². The molecule has 5 rings (SSSR count). The van der Waals surface area contributed by atoms with Crippen molar-refractivity contribution in [2.24, 2.45) is 5.73 Å². The number of carbonyl (C=O) groups excluding carboxylic acids is 2. The number of nitrogens with two attached hydrogens (primary N) is 1. The van der Waals surface area contributed by atoms with E-state index in [2.05, 4.69) is 0 Å². The molecule has 198 valence electrons. The van der Waals surface area contributed by atoms with Gasteiger partial charge in [-0.3, -0.25) is 9.59 Å². The molecule has 11 nitrogen and oxygen atoms in total. The molecule has 1 aliphatic heterocycles. The van der Waals surface area contributed by atoms with Crippen LogP contribution in [0, 0.1) is 0 Å². The average Bonchev–Trinajstić information content (AvgIpc) is 2.84. The molecule has 2 aromatic carbocycles. The van der Waals surface area contributed by atoms with Crippen LogP contribution in [-0.4, -0.2) is 74.3 Å². The van der Waals surface area contributed by atoms with Crippen LogP contribution in [-0.2, 0) is 9.47 Å². The molecule has 1 saturated heterocycles. The first-order valence-corrected chi connectivity index (χ1v) is 11.9. The summed E-state index contributed by atoms with van der Waals surface area (Å²) in [4.78, 5) is 27.0. The van der Waals surface area contributed by atoms with Crippen molar-refractivity contribution >= 4 is 11.6 Å². The van der Waals surface area contributed by atoms with Crippen molar-refractivity contribution in [3.05, 3.63) is 51.6 Å². The Labute approximate surface area is 212 Å². The van der Waals surface area contributed by atoms with Gasteiger partial charge in [0.15, 0.2) is 12.1 Å². The van der Waals surface area contributed by atoms with E-state index in [0.29, 0.717) is 0 Å². The van der Waals surface area contributed by atoms with Gasteiger partial charge in [-0.15, -0.1) is 0 Å². The van der Waals surface area contributed by atoms with Crippen LogP contribution < -0.4 is 10.5 Å². The summed E-state index contributed by atoms with van der Waals surface area (Å²) in [6.45, 7) is 2.93. The minimum Gasteiger partial charge on any atom is -0.507 e. The Bertz CT molecular complexity index is 1290. The second-order valence-corrected chi connectivity index (χ2v) is 10.1. The van der Waals surface area contributed by atoms with E-state index in [4.69, 9.17) is 19.9 Å². The number of hydrogen-bond donors (Lipinski definition) is 6. The van der Waals surface area contributed by atoms with Crippen LogP contribution in [0.3, 0.4) is 0 Å². The predicted octanol–water partition coefficient (Wildman–Crippen LogP) is 0.951. The highest BCUT2D eigenvalue weighted by atomic mass is 16.7. The topological polar surface area (TPSA) is 189 Å². The standard InChI is InChI=1S/C26H29NO10/c1-9-20(28)11(27)7-14(36-9)37-13-8-26(2,34)25(33)19-16(13)23(31)18-17(24(19)32)21(29)10-5-4-6-12(35-3)15(10)22(18)30/h4-6,9,11,13-14,20,25,28,31-34H,7-8,27H2,1-3H3/t9?,11?,13-,14?,20?,25?,26+/m0/s1. The zero-order chi connectivity index (χ0) is 27.0. The number of hydrogen-bond acceptors (Lipinski definition) is 11. The van der Waals surface area contributed by atoms with E-state index in [-0.39, 0.29) is 40.8 Å².